The van der Waals surface area contributed by atoms with Crippen molar-refractivity contribution in [1.29, 1.82) is 0 Å². The number of nitrogens with zero attached hydrogens (tertiary/aromatic N) is 2. The van der Waals surface area contributed by atoms with Gasteiger partial charge in [-0.05, 0) is 74.9 Å². The fraction of sp³-hybridized carbons (Fsp3) is 0.440. The average Bonchev–Trinajstić information content (AvgIpc) is 2.79. The van der Waals surface area contributed by atoms with Crippen LogP contribution in [0.3, 0.4) is 0 Å². The van der Waals surface area contributed by atoms with Crippen LogP contribution in [0.25, 0.3) is 0 Å². The maximum Gasteiger partial charge on any atom is 0.329 e. The number of amides is 3. The number of nitrogens with two attached hydrogens (primary N) is 1. The number of carbonyl (C=O) groups is 2. The summed E-state index contributed by atoms with van der Waals surface area (Å²) >= 11 is 0. The molecule has 1 saturated carbocycles. The number of rotatable bonds is 5. The normalized spacial score (nSPS) is 20.7. The maximum atomic E-state index is 13.9. The van der Waals surface area contributed by atoms with Gasteiger partial charge in [0.05, 0.1) is 32.1 Å². The molecule has 1 heterocycles. The molecule has 0 spiro atoms. The van der Waals surface area contributed by atoms with E-state index in [4.69, 9.17) is 15.2 Å². The molecule has 0 bridgehead atoms. The van der Waals surface area contributed by atoms with Crippen LogP contribution in [-0.4, -0.2) is 37.1 Å². The number of anilines is 2. The van der Waals surface area contributed by atoms with Gasteiger partial charge in [0.1, 0.15) is 11.5 Å². The largest absolute Gasteiger partial charge is 0.496 e. The van der Waals surface area contributed by atoms with Crippen molar-refractivity contribution in [2.75, 3.05) is 19.1 Å². The molecule has 170 valence electrons. The molecule has 2 aromatic carbocycles. The van der Waals surface area contributed by atoms with Crippen molar-refractivity contribution >= 4 is 23.3 Å². The van der Waals surface area contributed by atoms with Gasteiger partial charge in [-0.2, -0.15) is 0 Å². The van der Waals surface area contributed by atoms with Crippen LogP contribution in [0.15, 0.2) is 30.3 Å². The number of fused-ring (bicyclic) bond motifs is 1. The summed E-state index contributed by atoms with van der Waals surface area (Å²) in [6, 6.07) is 9.70. The second-order valence-corrected chi connectivity index (χ2v) is 8.72. The average molecular weight is 438 g/mol. The number of methoxy groups -OCH3 is 2. The van der Waals surface area contributed by atoms with Crippen LogP contribution in [0.4, 0.5) is 16.2 Å². The quantitative estimate of drug-likeness (QED) is 0.749. The van der Waals surface area contributed by atoms with Gasteiger partial charge in [-0.1, -0.05) is 6.07 Å². The first-order valence-corrected chi connectivity index (χ1v) is 11.1. The Labute approximate surface area is 189 Å². The molecule has 4 rings (SSSR count). The van der Waals surface area contributed by atoms with E-state index in [1.165, 1.54) is 0 Å². The number of hydrogen-bond donors (Lipinski definition) is 1. The third kappa shape index (κ3) is 3.76. The van der Waals surface area contributed by atoms with Gasteiger partial charge in [0.2, 0.25) is 5.91 Å². The smallest absolute Gasteiger partial charge is 0.329 e. The van der Waals surface area contributed by atoms with Crippen molar-refractivity contribution in [3.8, 4) is 11.5 Å². The van der Waals surface area contributed by atoms with Crippen molar-refractivity contribution in [2.45, 2.75) is 52.1 Å². The van der Waals surface area contributed by atoms with E-state index < -0.39 is 0 Å². The molecule has 1 aliphatic heterocycles. The Balaban J connectivity index is 1.78. The highest BCUT2D eigenvalue weighted by molar-refractivity contribution is 6.04. The lowest BCUT2D eigenvalue weighted by molar-refractivity contribution is -0.123. The van der Waals surface area contributed by atoms with Crippen molar-refractivity contribution < 1.29 is 19.1 Å². The third-order valence-corrected chi connectivity index (χ3v) is 6.87. The van der Waals surface area contributed by atoms with Gasteiger partial charge in [-0.25, -0.2) is 4.79 Å². The molecule has 2 N–H and O–H groups in total. The molecule has 2 aromatic rings. The fourth-order valence-electron chi connectivity index (χ4n) is 4.99. The lowest BCUT2D eigenvalue weighted by atomic mass is 9.84. The second-order valence-electron chi connectivity index (χ2n) is 8.72. The van der Waals surface area contributed by atoms with Crippen molar-refractivity contribution in [1.82, 2.24) is 4.90 Å². The van der Waals surface area contributed by atoms with Gasteiger partial charge < -0.3 is 20.1 Å². The van der Waals surface area contributed by atoms with Crippen LogP contribution in [0.2, 0.25) is 0 Å². The van der Waals surface area contributed by atoms with Crippen LogP contribution >= 0.6 is 0 Å². The van der Waals surface area contributed by atoms with Gasteiger partial charge in [0.15, 0.2) is 0 Å². The standard InChI is InChI=1S/C25H31N3O4/c1-15-5-11-22(32-4)23-20(15)14-27(18-8-6-17(7-9-18)24(26)29)25(30)28(23)19-10-12-21(31-3)16(2)13-19/h5,10-13,17-18H,6-9,14H2,1-4H3,(H2,26,29). The van der Waals surface area contributed by atoms with Crippen molar-refractivity contribution in [2.24, 2.45) is 11.7 Å². The summed E-state index contributed by atoms with van der Waals surface area (Å²) in [5.41, 5.74) is 10.2. The number of primary amides is 1. The minimum atomic E-state index is -0.241. The number of hydrogen-bond acceptors (Lipinski definition) is 4. The molecule has 0 aromatic heterocycles. The summed E-state index contributed by atoms with van der Waals surface area (Å²) in [7, 11) is 3.27. The van der Waals surface area contributed by atoms with E-state index in [0.29, 0.717) is 12.3 Å². The molecule has 3 amide bonds. The Hall–Kier alpha value is -3.22. The zero-order valence-corrected chi connectivity index (χ0v) is 19.2. The number of ether oxygens (including phenoxy) is 2. The Kier molecular flexibility index (Phi) is 6.00. The zero-order chi connectivity index (χ0) is 23.0. The first kappa shape index (κ1) is 22.0. The zero-order valence-electron chi connectivity index (χ0n) is 19.2. The Bertz CT molecular complexity index is 1040. The minimum Gasteiger partial charge on any atom is -0.496 e. The van der Waals surface area contributed by atoms with Gasteiger partial charge >= 0.3 is 6.03 Å². The number of urea groups is 1. The maximum absolute atomic E-state index is 13.9. The monoisotopic (exact) mass is 437 g/mol. The van der Waals surface area contributed by atoms with Crippen LogP contribution in [0, 0.1) is 19.8 Å². The van der Waals surface area contributed by atoms with Gasteiger partial charge in [-0.3, -0.25) is 9.69 Å². The van der Waals surface area contributed by atoms with E-state index in [2.05, 4.69) is 6.92 Å². The van der Waals surface area contributed by atoms with E-state index in [1.807, 2.05) is 42.2 Å². The highest BCUT2D eigenvalue weighted by atomic mass is 16.5. The SMILES string of the molecule is COc1ccc(N2C(=O)N(C3CCC(C(N)=O)CC3)Cc3c(C)ccc(OC)c32)cc1C. The summed E-state index contributed by atoms with van der Waals surface area (Å²) < 4.78 is 11.1. The van der Waals surface area contributed by atoms with E-state index in [9.17, 15) is 9.59 Å². The number of aryl methyl sites for hydroxylation is 2. The van der Waals surface area contributed by atoms with E-state index in [-0.39, 0.29) is 23.9 Å². The van der Waals surface area contributed by atoms with E-state index in [0.717, 1.165) is 59.5 Å². The predicted molar refractivity (Wildman–Crippen MR) is 123 cm³/mol. The Morgan fingerprint density at radius 3 is 2.22 bits per heavy atom. The third-order valence-electron chi connectivity index (χ3n) is 6.87. The Morgan fingerprint density at radius 2 is 1.62 bits per heavy atom. The molecule has 7 nitrogen and oxygen atoms in total. The summed E-state index contributed by atoms with van der Waals surface area (Å²) in [5.74, 6) is 1.11. The van der Waals surface area contributed by atoms with E-state index in [1.54, 1.807) is 19.1 Å². The lowest BCUT2D eigenvalue weighted by Crippen LogP contribution is -2.51. The van der Waals surface area contributed by atoms with Crippen molar-refractivity contribution in [3.05, 3.63) is 47.0 Å². The summed E-state index contributed by atoms with van der Waals surface area (Å²) in [6.07, 6.45) is 2.98. The topological polar surface area (TPSA) is 85.1 Å². The molecule has 32 heavy (non-hydrogen) atoms. The molecule has 0 unspecified atom stereocenters. The molecule has 1 fully saturated rings. The first-order valence-electron chi connectivity index (χ1n) is 11.1. The molecular formula is C25H31N3O4. The molecule has 0 saturated heterocycles. The molecule has 0 radical (unpaired) electrons. The molecule has 7 heteroatoms. The van der Waals surface area contributed by atoms with Crippen LogP contribution in [-0.2, 0) is 11.3 Å². The first-order chi connectivity index (χ1) is 15.3. The van der Waals surface area contributed by atoms with Crippen LogP contribution in [0.1, 0.15) is 42.4 Å². The van der Waals surface area contributed by atoms with Gasteiger partial charge in [0.25, 0.3) is 0 Å². The fourth-order valence-corrected chi connectivity index (χ4v) is 4.99. The van der Waals surface area contributed by atoms with Crippen LogP contribution < -0.4 is 20.1 Å². The summed E-state index contributed by atoms with van der Waals surface area (Å²) in [4.78, 5) is 29.2. The lowest BCUT2D eigenvalue weighted by Gasteiger charge is -2.44. The second kappa shape index (κ2) is 8.73. The molecule has 1 aliphatic carbocycles. The number of carbonyl (C=O) groups excluding carboxylic acids is 2. The number of benzene rings is 2. The Morgan fingerprint density at radius 1 is 0.969 bits per heavy atom. The summed E-state index contributed by atoms with van der Waals surface area (Å²) in [5, 5.41) is 0. The predicted octanol–water partition coefficient (Wildman–Crippen LogP) is 4.44. The van der Waals surface area contributed by atoms with Crippen LogP contribution in [0.5, 0.6) is 11.5 Å². The van der Waals surface area contributed by atoms with Crippen molar-refractivity contribution in [3.63, 3.8) is 0 Å². The van der Waals surface area contributed by atoms with Gasteiger partial charge in [0, 0.05) is 17.5 Å². The molecule has 2 aliphatic rings. The highest BCUT2D eigenvalue weighted by Crippen LogP contribution is 2.45. The molecular weight excluding hydrogens is 406 g/mol. The minimum absolute atomic E-state index is 0.0682. The van der Waals surface area contributed by atoms with Gasteiger partial charge in [-0.15, -0.1) is 0 Å². The van der Waals surface area contributed by atoms with E-state index >= 15 is 0 Å². The molecule has 0 atom stereocenters. The summed E-state index contributed by atoms with van der Waals surface area (Å²) in [6.45, 7) is 4.55. The highest BCUT2D eigenvalue weighted by Gasteiger charge is 2.39.